The molecule has 1 aliphatic rings. The lowest BCUT2D eigenvalue weighted by atomic mass is 10.1. The van der Waals surface area contributed by atoms with Gasteiger partial charge < -0.3 is 10.5 Å². The molecular weight excluding hydrogens is 228 g/mol. The Morgan fingerprint density at radius 1 is 1.50 bits per heavy atom. The van der Waals surface area contributed by atoms with Crippen LogP contribution in [0.1, 0.15) is 31.5 Å². The Labute approximate surface area is 109 Å². The van der Waals surface area contributed by atoms with Crippen LogP contribution in [-0.2, 0) is 11.3 Å². The van der Waals surface area contributed by atoms with Gasteiger partial charge in [0.25, 0.3) is 0 Å². The van der Waals surface area contributed by atoms with Crippen molar-refractivity contribution in [1.82, 2.24) is 14.7 Å². The highest BCUT2D eigenvalue weighted by atomic mass is 16.5. The molecule has 0 aliphatic carbocycles. The fraction of sp³-hybridized carbons (Fsp3) is 0.769. The first kappa shape index (κ1) is 13.5. The van der Waals surface area contributed by atoms with E-state index in [1.165, 1.54) is 5.69 Å². The monoisotopic (exact) mass is 252 g/mol. The van der Waals surface area contributed by atoms with Gasteiger partial charge in [-0.1, -0.05) is 6.92 Å². The molecule has 1 aromatic rings. The normalized spacial score (nSPS) is 24.8. The minimum atomic E-state index is 0.203. The Balaban J connectivity index is 2.14. The highest BCUT2D eigenvalue weighted by molar-refractivity contribution is 5.13. The van der Waals surface area contributed by atoms with E-state index in [1.807, 2.05) is 6.20 Å². The number of nitrogens with two attached hydrogens (primary N) is 1. The summed E-state index contributed by atoms with van der Waals surface area (Å²) in [5.41, 5.74) is 7.52. The molecule has 18 heavy (non-hydrogen) atoms. The summed E-state index contributed by atoms with van der Waals surface area (Å²) in [5, 5.41) is 4.40. The molecule has 1 fully saturated rings. The zero-order valence-electron chi connectivity index (χ0n) is 11.4. The van der Waals surface area contributed by atoms with Gasteiger partial charge in [-0.05, 0) is 18.9 Å². The van der Waals surface area contributed by atoms with Gasteiger partial charge in [-0.3, -0.25) is 9.58 Å². The van der Waals surface area contributed by atoms with Crippen molar-refractivity contribution in [2.75, 3.05) is 26.8 Å². The molecule has 1 saturated heterocycles. The molecule has 2 rings (SSSR count). The fourth-order valence-electron chi connectivity index (χ4n) is 2.74. The minimum Gasteiger partial charge on any atom is -0.383 e. The van der Waals surface area contributed by atoms with Crippen LogP contribution in [0.2, 0.25) is 0 Å². The van der Waals surface area contributed by atoms with E-state index in [4.69, 9.17) is 10.5 Å². The third-order valence-electron chi connectivity index (χ3n) is 3.62. The first-order chi connectivity index (χ1) is 8.77. The number of hydrogen-bond donors (Lipinski definition) is 1. The summed E-state index contributed by atoms with van der Waals surface area (Å²) in [5.74, 6) is 0. The van der Waals surface area contributed by atoms with Crippen molar-refractivity contribution in [2.24, 2.45) is 5.73 Å². The Morgan fingerprint density at radius 3 is 3.06 bits per heavy atom. The lowest BCUT2D eigenvalue weighted by molar-refractivity contribution is 0.136. The molecule has 0 bridgehead atoms. The maximum Gasteiger partial charge on any atom is 0.0671 e. The molecule has 2 unspecified atom stereocenters. The molecule has 2 N–H and O–H groups in total. The van der Waals surface area contributed by atoms with Crippen LogP contribution < -0.4 is 5.73 Å². The molecule has 2 atom stereocenters. The SMILES string of the molecule is CCCn1nccc1C1C(N)CCN1CCOC. The van der Waals surface area contributed by atoms with E-state index in [-0.39, 0.29) is 12.1 Å². The second-order valence-electron chi connectivity index (χ2n) is 4.91. The predicted molar refractivity (Wildman–Crippen MR) is 71.3 cm³/mol. The van der Waals surface area contributed by atoms with Crippen LogP contribution in [0.15, 0.2) is 12.3 Å². The van der Waals surface area contributed by atoms with Gasteiger partial charge in [0.15, 0.2) is 0 Å². The highest BCUT2D eigenvalue weighted by Crippen LogP contribution is 2.30. The summed E-state index contributed by atoms with van der Waals surface area (Å²) >= 11 is 0. The summed E-state index contributed by atoms with van der Waals surface area (Å²) in [6.45, 7) is 5.87. The van der Waals surface area contributed by atoms with Gasteiger partial charge in [0.1, 0.15) is 0 Å². The minimum absolute atomic E-state index is 0.203. The van der Waals surface area contributed by atoms with Crippen molar-refractivity contribution < 1.29 is 4.74 Å². The number of likely N-dealkylation sites (tertiary alicyclic amines) is 1. The maximum atomic E-state index is 6.27. The number of aromatic nitrogens is 2. The average Bonchev–Trinajstić information content (AvgIpc) is 2.94. The molecule has 0 saturated carbocycles. The molecule has 102 valence electrons. The van der Waals surface area contributed by atoms with Gasteiger partial charge in [-0.2, -0.15) is 5.10 Å². The third kappa shape index (κ3) is 2.74. The van der Waals surface area contributed by atoms with E-state index in [0.717, 1.165) is 39.1 Å². The lowest BCUT2D eigenvalue weighted by Crippen LogP contribution is -2.35. The van der Waals surface area contributed by atoms with E-state index >= 15 is 0 Å². The number of nitrogens with zero attached hydrogens (tertiary/aromatic N) is 3. The van der Waals surface area contributed by atoms with Gasteiger partial charge in [0, 0.05) is 39.0 Å². The van der Waals surface area contributed by atoms with Crippen LogP contribution >= 0.6 is 0 Å². The van der Waals surface area contributed by atoms with Crippen molar-refractivity contribution in [1.29, 1.82) is 0 Å². The van der Waals surface area contributed by atoms with Gasteiger partial charge in [0.05, 0.1) is 18.3 Å². The summed E-state index contributed by atoms with van der Waals surface area (Å²) < 4.78 is 7.27. The highest BCUT2D eigenvalue weighted by Gasteiger charge is 2.34. The largest absolute Gasteiger partial charge is 0.383 e. The average molecular weight is 252 g/mol. The molecule has 2 heterocycles. The second kappa shape index (κ2) is 6.31. The standard InChI is InChI=1S/C13H24N4O/c1-3-7-17-12(4-6-15-17)13-11(14)5-8-16(13)9-10-18-2/h4,6,11,13H,3,5,7-10,14H2,1-2H3. The number of ether oxygens (including phenoxy) is 1. The van der Waals surface area contributed by atoms with Crippen molar-refractivity contribution in [3.05, 3.63) is 18.0 Å². The maximum absolute atomic E-state index is 6.27. The molecule has 0 aromatic carbocycles. The van der Waals surface area contributed by atoms with Gasteiger partial charge in [-0.15, -0.1) is 0 Å². The summed E-state index contributed by atoms with van der Waals surface area (Å²) in [6, 6.07) is 2.59. The molecule has 0 radical (unpaired) electrons. The zero-order chi connectivity index (χ0) is 13.0. The van der Waals surface area contributed by atoms with E-state index in [0.29, 0.717) is 0 Å². The molecule has 0 amide bonds. The quantitative estimate of drug-likeness (QED) is 0.821. The Kier molecular flexibility index (Phi) is 4.74. The molecule has 5 nitrogen and oxygen atoms in total. The van der Waals surface area contributed by atoms with Crippen LogP contribution in [0.4, 0.5) is 0 Å². The summed E-state index contributed by atoms with van der Waals surface area (Å²) in [4.78, 5) is 2.41. The number of hydrogen-bond acceptors (Lipinski definition) is 4. The molecule has 1 aromatic heterocycles. The zero-order valence-corrected chi connectivity index (χ0v) is 11.4. The molecule has 5 heteroatoms. The summed E-state index contributed by atoms with van der Waals surface area (Å²) in [6.07, 6.45) is 4.02. The van der Waals surface area contributed by atoms with E-state index in [9.17, 15) is 0 Å². The van der Waals surface area contributed by atoms with Crippen molar-refractivity contribution in [3.63, 3.8) is 0 Å². The fourth-order valence-corrected chi connectivity index (χ4v) is 2.74. The van der Waals surface area contributed by atoms with E-state index < -0.39 is 0 Å². The van der Waals surface area contributed by atoms with Gasteiger partial charge >= 0.3 is 0 Å². The number of methoxy groups -OCH3 is 1. The third-order valence-corrected chi connectivity index (χ3v) is 3.62. The van der Waals surface area contributed by atoms with Crippen LogP contribution in [0.3, 0.4) is 0 Å². The van der Waals surface area contributed by atoms with Crippen LogP contribution in [0.25, 0.3) is 0 Å². The van der Waals surface area contributed by atoms with Crippen LogP contribution in [0, 0.1) is 0 Å². The summed E-state index contributed by atoms with van der Waals surface area (Å²) in [7, 11) is 1.74. The Morgan fingerprint density at radius 2 is 2.33 bits per heavy atom. The Hall–Kier alpha value is -0.910. The van der Waals surface area contributed by atoms with Crippen LogP contribution in [-0.4, -0.2) is 47.5 Å². The molecular formula is C13H24N4O. The predicted octanol–water partition coefficient (Wildman–Crippen LogP) is 1.01. The Bertz CT molecular complexity index is 366. The van der Waals surface area contributed by atoms with Crippen molar-refractivity contribution in [3.8, 4) is 0 Å². The van der Waals surface area contributed by atoms with Gasteiger partial charge in [0.2, 0.25) is 0 Å². The first-order valence-electron chi connectivity index (χ1n) is 6.78. The first-order valence-corrected chi connectivity index (χ1v) is 6.78. The van der Waals surface area contributed by atoms with Crippen molar-refractivity contribution >= 4 is 0 Å². The smallest absolute Gasteiger partial charge is 0.0671 e. The number of rotatable bonds is 6. The number of aryl methyl sites for hydroxylation is 1. The van der Waals surface area contributed by atoms with Crippen molar-refractivity contribution in [2.45, 2.75) is 38.4 Å². The molecule has 0 spiro atoms. The van der Waals surface area contributed by atoms with E-state index in [2.05, 4.69) is 27.7 Å². The van der Waals surface area contributed by atoms with Gasteiger partial charge in [-0.25, -0.2) is 0 Å². The van der Waals surface area contributed by atoms with Crippen LogP contribution in [0.5, 0.6) is 0 Å². The topological polar surface area (TPSA) is 56.3 Å². The van der Waals surface area contributed by atoms with E-state index in [1.54, 1.807) is 7.11 Å². The second-order valence-corrected chi connectivity index (χ2v) is 4.91. The molecule has 1 aliphatic heterocycles. The lowest BCUT2D eigenvalue weighted by Gasteiger charge is -2.27.